The SMILES string of the molecule is Cc1cc(C(=O)Cl)sc1C. The third-order valence-electron chi connectivity index (χ3n) is 1.36. The van der Waals surface area contributed by atoms with Crippen molar-refractivity contribution in [2.24, 2.45) is 0 Å². The lowest BCUT2D eigenvalue weighted by molar-refractivity contribution is 0.108. The molecule has 0 radical (unpaired) electrons. The summed E-state index contributed by atoms with van der Waals surface area (Å²) in [7, 11) is 0. The summed E-state index contributed by atoms with van der Waals surface area (Å²) in [5, 5.41) is -0.360. The summed E-state index contributed by atoms with van der Waals surface area (Å²) in [5.41, 5.74) is 1.13. The molecular formula is C7H7ClOS. The maximum Gasteiger partial charge on any atom is 0.262 e. The molecule has 1 rings (SSSR count). The second kappa shape index (κ2) is 2.72. The summed E-state index contributed by atoms with van der Waals surface area (Å²) in [6.45, 7) is 3.94. The highest BCUT2D eigenvalue weighted by atomic mass is 35.5. The van der Waals surface area contributed by atoms with Crippen molar-refractivity contribution < 1.29 is 4.79 Å². The highest BCUT2D eigenvalue weighted by Crippen LogP contribution is 2.21. The Morgan fingerprint density at radius 1 is 1.60 bits per heavy atom. The molecule has 1 nitrogen and oxygen atoms in total. The van der Waals surface area contributed by atoms with E-state index in [1.54, 1.807) is 0 Å². The van der Waals surface area contributed by atoms with Gasteiger partial charge in [-0.1, -0.05) is 0 Å². The van der Waals surface area contributed by atoms with Gasteiger partial charge in [0.1, 0.15) is 0 Å². The van der Waals surface area contributed by atoms with E-state index in [9.17, 15) is 4.79 Å². The quantitative estimate of drug-likeness (QED) is 0.599. The van der Waals surface area contributed by atoms with Crippen LogP contribution in [0.5, 0.6) is 0 Å². The van der Waals surface area contributed by atoms with Crippen LogP contribution < -0.4 is 0 Å². The molecule has 1 aromatic rings. The molecule has 1 aromatic heterocycles. The number of rotatable bonds is 1. The summed E-state index contributed by atoms with van der Waals surface area (Å²) in [5.74, 6) is 0. The Balaban J connectivity index is 3.10. The van der Waals surface area contributed by atoms with Gasteiger partial charge in [-0.25, -0.2) is 0 Å². The summed E-state index contributed by atoms with van der Waals surface area (Å²) in [6, 6.07) is 1.81. The molecular weight excluding hydrogens is 168 g/mol. The number of carbonyl (C=O) groups is 1. The molecule has 0 aliphatic rings. The summed E-state index contributed by atoms with van der Waals surface area (Å²) < 4.78 is 0. The fourth-order valence-electron chi connectivity index (χ4n) is 0.670. The zero-order valence-electron chi connectivity index (χ0n) is 5.77. The van der Waals surface area contributed by atoms with Crippen molar-refractivity contribution in [3.8, 4) is 0 Å². The van der Waals surface area contributed by atoms with Crippen LogP contribution >= 0.6 is 22.9 Å². The molecule has 0 atom stereocenters. The van der Waals surface area contributed by atoms with E-state index in [2.05, 4.69) is 0 Å². The number of aryl methyl sites for hydroxylation is 2. The average molecular weight is 175 g/mol. The zero-order chi connectivity index (χ0) is 7.72. The van der Waals surface area contributed by atoms with E-state index >= 15 is 0 Å². The maximum atomic E-state index is 10.6. The molecule has 10 heavy (non-hydrogen) atoms. The third kappa shape index (κ3) is 1.39. The Labute approximate surface area is 68.6 Å². The van der Waals surface area contributed by atoms with E-state index in [0.717, 1.165) is 10.4 Å². The summed E-state index contributed by atoms with van der Waals surface area (Å²) in [4.78, 5) is 12.4. The first-order valence-corrected chi connectivity index (χ1v) is 4.07. The second-order valence-corrected chi connectivity index (χ2v) is 3.72. The molecule has 0 aromatic carbocycles. The number of thiophene rings is 1. The minimum Gasteiger partial charge on any atom is -0.275 e. The first-order valence-electron chi connectivity index (χ1n) is 2.88. The van der Waals surface area contributed by atoms with Crippen LogP contribution in [-0.4, -0.2) is 5.24 Å². The fourth-order valence-corrected chi connectivity index (χ4v) is 1.71. The van der Waals surface area contributed by atoms with Gasteiger partial charge < -0.3 is 0 Å². The van der Waals surface area contributed by atoms with Gasteiger partial charge in [-0.2, -0.15) is 0 Å². The van der Waals surface area contributed by atoms with Crippen LogP contribution in [0.25, 0.3) is 0 Å². The van der Waals surface area contributed by atoms with Gasteiger partial charge in [-0.05, 0) is 37.1 Å². The maximum absolute atomic E-state index is 10.6. The Kier molecular flexibility index (Phi) is 2.11. The zero-order valence-corrected chi connectivity index (χ0v) is 7.34. The Hall–Kier alpha value is -0.340. The van der Waals surface area contributed by atoms with Gasteiger partial charge in [0, 0.05) is 4.88 Å². The van der Waals surface area contributed by atoms with Gasteiger partial charge in [0.15, 0.2) is 0 Å². The fraction of sp³-hybridized carbons (Fsp3) is 0.286. The Morgan fingerprint density at radius 3 is 2.40 bits per heavy atom. The van der Waals surface area contributed by atoms with Crippen LogP contribution in [0.15, 0.2) is 6.07 Å². The number of halogens is 1. The van der Waals surface area contributed by atoms with Crippen molar-refractivity contribution >= 4 is 28.2 Å². The minimum absolute atomic E-state index is 0.360. The molecule has 0 aliphatic carbocycles. The molecule has 0 bridgehead atoms. The van der Waals surface area contributed by atoms with Gasteiger partial charge in [0.05, 0.1) is 4.88 Å². The third-order valence-corrected chi connectivity index (χ3v) is 2.83. The van der Waals surface area contributed by atoms with E-state index in [1.807, 2.05) is 19.9 Å². The Morgan fingerprint density at radius 2 is 2.20 bits per heavy atom. The van der Waals surface area contributed by atoms with Crippen molar-refractivity contribution in [1.82, 2.24) is 0 Å². The molecule has 0 N–H and O–H groups in total. The summed E-state index contributed by atoms with van der Waals surface area (Å²) >= 11 is 6.70. The van der Waals surface area contributed by atoms with Crippen molar-refractivity contribution in [3.05, 3.63) is 21.4 Å². The van der Waals surface area contributed by atoms with Crippen molar-refractivity contribution in [2.75, 3.05) is 0 Å². The van der Waals surface area contributed by atoms with E-state index in [4.69, 9.17) is 11.6 Å². The molecule has 0 aliphatic heterocycles. The van der Waals surface area contributed by atoms with Crippen molar-refractivity contribution in [1.29, 1.82) is 0 Å². The van der Waals surface area contributed by atoms with Crippen LogP contribution in [0, 0.1) is 13.8 Å². The van der Waals surface area contributed by atoms with Gasteiger partial charge in [-0.15, -0.1) is 11.3 Å². The Bertz CT molecular complexity index is 245. The second-order valence-electron chi connectivity index (χ2n) is 2.12. The van der Waals surface area contributed by atoms with Crippen molar-refractivity contribution in [2.45, 2.75) is 13.8 Å². The number of hydrogen-bond donors (Lipinski definition) is 0. The first-order chi connectivity index (χ1) is 4.61. The van der Waals surface area contributed by atoms with Crippen LogP contribution in [0.2, 0.25) is 0 Å². The standard InChI is InChI=1S/C7H7ClOS/c1-4-3-6(7(8)9)10-5(4)2/h3H,1-2H3. The van der Waals surface area contributed by atoms with Crippen LogP contribution in [0.4, 0.5) is 0 Å². The van der Waals surface area contributed by atoms with E-state index in [-0.39, 0.29) is 5.24 Å². The monoisotopic (exact) mass is 174 g/mol. The highest BCUT2D eigenvalue weighted by molar-refractivity contribution is 7.15. The molecule has 3 heteroatoms. The highest BCUT2D eigenvalue weighted by Gasteiger charge is 2.06. The van der Waals surface area contributed by atoms with E-state index in [0.29, 0.717) is 4.88 Å². The van der Waals surface area contributed by atoms with Crippen LogP contribution in [0.1, 0.15) is 20.1 Å². The smallest absolute Gasteiger partial charge is 0.262 e. The molecule has 0 amide bonds. The normalized spacial score (nSPS) is 9.90. The predicted octanol–water partition coefficient (Wildman–Crippen LogP) is 2.74. The number of hydrogen-bond acceptors (Lipinski definition) is 2. The predicted molar refractivity (Wildman–Crippen MR) is 44.0 cm³/mol. The first kappa shape index (κ1) is 7.76. The molecule has 0 spiro atoms. The van der Waals surface area contributed by atoms with E-state index in [1.165, 1.54) is 11.3 Å². The topological polar surface area (TPSA) is 17.1 Å². The van der Waals surface area contributed by atoms with Gasteiger partial charge in [0.25, 0.3) is 5.24 Å². The van der Waals surface area contributed by atoms with Crippen molar-refractivity contribution in [3.63, 3.8) is 0 Å². The average Bonchev–Trinajstić information content (AvgIpc) is 2.13. The molecule has 0 fully saturated rings. The molecule has 1 heterocycles. The number of carbonyl (C=O) groups excluding carboxylic acids is 1. The largest absolute Gasteiger partial charge is 0.275 e. The lowest BCUT2D eigenvalue weighted by atomic mass is 10.3. The van der Waals surface area contributed by atoms with Gasteiger partial charge in [-0.3, -0.25) is 4.79 Å². The van der Waals surface area contributed by atoms with Gasteiger partial charge >= 0.3 is 0 Å². The molecule has 54 valence electrons. The van der Waals surface area contributed by atoms with E-state index < -0.39 is 0 Å². The van der Waals surface area contributed by atoms with Gasteiger partial charge in [0.2, 0.25) is 0 Å². The molecule has 0 saturated carbocycles. The summed E-state index contributed by atoms with van der Waals surface area (Å²) in [6.07, 6.45) is 0. The minimum atomic E-state index is -0.360. The molecule has 0 unspecified atom stereocenters. The van der Waals surface area contributed by atoms with Crippen LogP contribution in [-0.2, 0) is 0 Å². The lowest BCUT2D eigenvalue weighted by Gasteiger charge is -1.79. The lowest BCUT2D eigenvalue weighted by Crippen LogP contribution is -1.79. The van der Waals surface area contributed by atoms with Crippen LogP contribution in [0.3, 0.4) is 0 Å². The molecule has 0 saturated heterocycles.